The molecule has 13 heavy (non-hydrogen) atoms. The lowest BCUT2D eigenvalue weighted by atomic mass is 10.2. The molecule has 0 atom stereocenters. The van der Waals surface area contributed by atoms with Gasteiger partial charge in [0.15, 0.2) is 5.78 Å². The second kappa shape index (κ2) is 4.23. The standard InChI is InChI=1S/C9H11ClN2O/c1-12(2)9-5-7(3-4-11-9)8(13)6-10/h3-5H,6H2,1-2H3. The number of anilines is 1. The quantitative estimate of drug-likeness (QED) is 0.546. The van der Waals surface area contributed by atoms with Gasteiger partial charge in [-0.2, -0.15) is 0 Å². The number of aromatic nitrogens is 1. The molecule has 0 aliphatic carbocycles. The van der Waals surface area contributed by atoms with Crippen molar-refractivity contribution in [3.8, 4) is 0 Å². The zero-order valence-corrected chi connectivity index (χ0v) is 8.38. The molecule has 0 amide bonds. The number of Topliss-reactive ketones (excluding diaryl/α,β-unsaturated/α-hetero) is 1. The van der Waals surface area contributed by atoms with Crippen molar-refractivity contribution in [3.63, 3.8) is 0 Å². The van der Waals surface area contributed by atoms with Crippen LogP contribution in [0.2, 0.25) is 0 Å². The molecule has 4 heteroatoms. The molecular weight excluding hydrogens is 188 g/mol. The van der Waals surface area contributed by atoms with Gasteiger partial charge < -0.3 is 4.90 Å². The Morgan fingerprint density at radius 1 is 1.62 bits per heavy atom. The molecule has 0 aliphatic heterocycles. The third-order valence-corrected chi connectivity index (χ3v) is 1.89. The topological polar surface area (TPSA) is 33.2 Å². The summed E-state index contributed by atoms with van der Waals surface area (Å²) < 4.78 is 0. The fourth-order valence-corrected chi connectivity index (χ4v) is 1.07. The molecule has 0 saturated carbocycles. The van der Waals surface area contributed by atoms with Gasteiger partial charge in [0.1, 0.15) is 5.82 Å². The highest BCUT2D eigenvalue weighted by molar-refractivity contribution is 6.30. The Labute approximate surface area is 82.3 Å². The summed E-state index contributed by atoms with van der Waals surface area (Å²) in [5, 5.41) is 0. The minimum Gasteiger partial charge on any atom is -0.363 e. The molecule has 0 aromatic carbocycles. The van der Waals surface area contributed by atoms with E-state index in [1.54, 1.807) is 18.3 Å². The highest BCUT2D eigenvalue weighted by Gasteiger charge is 2.05. The van der Waals surface area contributed by atoms with Crippen LogP contribution in [0.15, 0.2) is 18.3 Å². The number of carbonyl (C=O) groups is 1. The van der Waals surface area contributed by atoms with E-state index in [1.165, 1.54) is 0 Å². The average Bonchev–Trinajstić information content (AvgIpc) is 2.17. The van der Waals surface area contributed by atoms with Gasteiger partial charge in [-0.15, -0.1) is 11.6 Å². The van der Waals surface area contributed by atoms with E-state index in [9.17, 15) is 4.79 Å². The summed E-state index contributed by atoms with van der Waals surface area (Å²) in [5.41, 5.74) is 0.605. The normalized spacial score (nSPS) is 9.77. The van der Waals surface area contributed by atoms with E-state index in [-0.39, 0.29) is 11.7 Å². The first-order chi connectivity index (χ1) is 6.15. The van der Waals surface area contributed by atoms with Crippen molar-refractivity contribution >= 4 is 23.2 Å². The van der Waals surface area contributed by atoms with Crippen LogP contribution >= 0.6 is 11.6 Å². The van der Waals surface area contributed by atoms with Crippen molar-refractivity contribution in [2.75, 3.05) is 24.9 Å². The summed E-state index contributed by atoms with van der Waals surface area (Å²) in [6, 6.07) is 3.39. The summed E-state index contributed by atoms with van der Waals surface area (Å²) in [4.78, 5) is 17.1. The lowest BCUT2D eigenvalue weighted by Gasteiger charge is -2.11. The fraction of sp³-hybridized carbons (Fsp3) is 0.333. The highest BCUT2D eigenvalue weighted by Crippen LogP contribution is 2.10. The molecular formula is C9H11ClN2O. The predicted molar refractivity (Wildman–Crippen MR) is 53.6 cm³/mol. The van der Waals surface area contributed by atoms with Crippen LogP contribution in [0.3, 0.4) is 0 Å². The summed E-state index contributed by atoms with van der Waals surface area (Å²) in [5.74, 6) is 0.694. The van der Waals surface area contributed by atoms with Crippen LogP contribution in [0.1, 0.15) is 10.4 Å². The van der Waals surface area contributed by atoms with Crippen molar-refractivity contribution in [1.82, 2.24) is 4.98 Å². The lowest BCUT2D eigenvalue weighted by molar-refractivity contribution is 0.102. The van der Waals surface area contributed by atoms with Gasteiger partial charge in [-0.05, 0) is 12.1 Å². The maximum atomic E-state index is 11.2. The largest absolute Gasteiger partial charge is 0.363 e. The Morgan fingerprint density at radius 3 is 2.85 bits per heavy atom. The molecule has 0 radical (unpaired) electrons. The molecule has 70 valence electrons. The van der Waals surface area contributed by atoms with Crippen LogP contribution in [0.5, 0.6) is 0 Å². The summed E-state index contributed by atoms with van der Waals surface area (Å²) in [6.45, 7) is 0. The Kier molecular flexibility index (Phi) is 3.25. The number of ketones is 1. The minimum atomic E-state index is -0.0767. The first-order valence-corrected chi connectivity index (χ1v) is 4.41. The molecule has 0 spiro atoms. The molecule has 3 nitrogen and oxygen atoms in total. The van der Waals surface area contributed by atoms with Crippen LogP contribution in [0.4, 0.5) is 5.82 Å². The number of hydrogen-bond donors (Lipinski definition) is 0. The Morgan fingerprint density at radius 2 is 2.31 bits per heavy atom. The van der Waals surface area contributed by atoms with Gasteiger partial charge >= 0.3 is 0 Å². The van der Waals surface area contributed by atoms with Crippen molar-refractivity contribution in [1.29, 1.82) is 0 Å². The van der Waals surface area contributed by atoms with E-state index in [0.29, 0.717) is 5.56 Å². The molecule has 0 fully saturated rings. The minimum absolute atomic E-state index is 0.0108. The second-order valence-electron chi connectivity index (χ2n) is 2.85. The number of halogens is 1. The molecule has 0 saturated heterocycles. The number of alkyl halides is 1. The molecule has 0 aliphatic rings. The third-order valence-electron chi connectivity index (χ3n) is 1.65. The summed E-state index contributed by atoms with van der Waals surface area (Å²) in [7, 11) is 3.74. The maximum absolute atomic E-state index is 11.2. The van der Waals surface area contributed by atoms with Gasteiger partial charge in [-0.1, -0.05) is 0 Å². The Hall–Kier alpha value is -1.09. The highest BCUT2D eigenvalue weighted by atomic mass is 35.5. The number of rotatable bonds is 3. The van der Waals surface area contributed by atoms with E-state index < -0.39 is 0 Å². The number of nitrogens with zero attached hydrogens (tertiary/aromatic N) is 2. The molecule has 1 aromatic heterocycles. The zero-order chi connectivity index (χ0) is 9.84. The van der Waals surface area contributed by atoms with E-state index in [0.717, 1.165) is 5.82 Å². The fourth-order valence-electron chi connectivity index (χ4n) is 0.914. The van der Waals surface area contributed by atoms with Crippen LogP contribution in [-0.2, 0) is 0 Å². The van der Waals surface area contributed by atoms with Crippen molar-refractivity contribution in [2.24, 2.45) is 0 Å². The van der Waals surface area contributed by atoms with Gasteiger partial charge in [0.2, 0.25) is 0 Å². The SMILES string of the molecule is CN(C)c1cc(C(=O)CCl)ccn1. The number of carbonyl (C=O) groups excluding carboxylic acids is 1. The Balaban J connectivity index is 2.98. The van der Waals surface area contributed by atoms with Crippen molar-refractivity contribution in [2.45, 2.75) is 0 Å². The molecule has 0 N–H and O–H groups in total. The first-order valence-electron chi connectivity index (χ1n) is 3.87. The molecule has 1 rings (SSSR count). The van der Waals surface area contributed by atoms with Gasteiger partial charge in [-0.25, -0.2) is 4.98 Å². The predicted octanol–water partition coefficient (Wildman–Crippen LogP) is 1.57. The van der Waals surface area contributed by atoms with Gasteiger partial charge in [-0.3, -0.25) is 4.79 Å². The summed E-state index contributed by atoms with van der Waals surface area (Å²) >= 11 is 5.43. The molecule has 0 bridgehead atoms. The van der Waals surface area contributed by atoms with E-state index >= 15 is 0 Å². The monoisotopic (exact) mass is 198 g/mol. The van der Waals surface area contributed by atoms with Gasteiger partial charge in [0.05, 0.1) is 5.88 Å². The van der Waals surface area contributed by atoms with E-state index in [4.69, 9.17) is 11.6 Å². The second-order valence-corrected chi connectivity index (χ2v) is 3.12. The number of hydrogen-bond acceptors (Lipinski definition) is 3. The van der Waals surface area contributed by atoms with Crippen molar-refractivity contribution in [3.05, 3.63) is 23.9 Å². The van der Waals surface area contributed by atoms with Crippen LogP contribution in [0.25, 0.3) is 0 Å². The maximum Gasteiger partial charge on any atom is 0.177 e. The lowest BCUT2D eigenvalue weighted by Crippen LogP contribution is -2.11. The van der Waals surface area contributed by atoms with Gasteiger partial charge in [0.25, 0.3) is 0 Å². The van der Waals surface area contributed by atoms with Crippen molar-refractivity contribution < 1.29 is 4.79 Å². The van der Waals surface area contributed by atoms with E-state index in [1.807, 2.05) is 19.0 Å². The Bertz CT molecular complexity index is 312. The van der Waals surface area contributed by atoms with Crippen LogP contribution in [0, 0.1) is 0 Å². The van der Waals surface area contributed by atoms with Crippen LogP contribution < -0.4 is 4.90 Å². The van der Waals surface area contributed by atoms with Gasteiger partial charge in [0, 0.05) is 25.9 Å². The molecule has 0 unspecified atom stereocenters. The number of pyridine rings is 1. The summed E-state index contributed by atoms with van der Waals surface area (Å²) in [6.07, 6.45) is 1.61. The first kappa shape index (κ1) is 9.99. The van der Waals surface area contributed by atoms with E-state index in [2.05, 4.69) is 4.98 Å². The smallest absolute Gasteiger partial charge is 0.177 e. The van der Waals surface area contributed by atoms with Crippen LogP contribution in [-0.4, -0.2) is 30.7 Å². The average molecular weight is 199 g/mol. The molecule has 1 aromatic rings. The zero-order valence-electron chi connectivity index (χ0n) is 7.62. The third kappa shape index (κ3) is 2.42. The molecule has 1 heterocycles.